The second-order valence-corrected chi connectivity index (χ2v) is 10.7. The van der Waals surface area contributed by atoms with E-state index in [0.29, 0.717) is 39.3 Å². The van der Waals surface area contributed by atoms with Crippen LogP contribution in [0.1, 0.15) is 37.9 Å². The van der Waals surface area contributed by atoms with E-state index in [9.17, 15) is 14.3 Å². The summed E-state index contributed by atoms with van der Waals surface area (Å²) in [5, 5.41) is 20.4. The van der Waals surface area contributed by atoms with E-state index in [4.69, 9.17) is 14.2 Å². The Labute approximate surface area is 230 Å². The molecule has 2 saturated heterocycles. The van der Waals surface area contributed by atoms with Crippen molar-refractivity contribution in [3.8, 4) is 0 Å². The molecule has 0 saturated carbocycles. The summed E-state index contributed by atoms with van der Waals surface area (Å²) in [6.45, 7) is 4.89. The van der Waals surface area contributed by atoms with Crippen molar-refractivity contribution < 1.29 is 28.5 Å². The maximum atomic E-state index is 14.4. The Hall–Kier alpha value is -2.38. The molecule has 1 unspecified atom stereocenters. The molecule has 11 nitrogen and oxygen atoms in total. The smallest absolute Gasteiger partial charge is 0.324 e. The third-order valence-electron chi connectivity index (χ3n) is 7.95. The molecule has 0 aliphatic carbocycles. The van der Waals surface area contributed by atoms with Gasteiger partial charge < -0.3 is 29.1 Å². The zero-order valence-corrected chi connectivity index (χ0v) is 23.5. The van der Waals surface area contributed by atoms with Crippen LogP contribution < -0.4 is 4.90 Å². The van der Waals surface area contributed by atoms with Crippen molar-refractivity contribution in [3.63, 3.8) is 0 Å². The molecule has 0 aromatic heterocycles. The molecule has 0 spiro atoms. The van der Waals surface area contributed by atoms with Crippen LogP contribution in [0.4, 0.5) is 14.9 Å². The number of aliphatic hydroxyl groups excluding tert-OH is 1. The molecule has 2 fully saturated rings. The van der Waals surface area contributed by atoms with Crippen LogP contribution in [-0.4, -0.2) is 124 Å². The molecule has 3 aliphatic rings. The van der Waals surface area contributed by atoms with Crippen LogP contribution in [0, 0.1) is 0 Å². The minimum atomic E-state index is -0.723. The fourth-order valence-corrected chi connectivity index (χ4v) is 5.56. The lowest BCUT2D eigenvalue weighted by Gasteiger charge is -2.37. The van der Waals surface area contributed by atoms with E-state index in [-0.39, 0.29) is 24.2 Å². The minimum Gasteiger partial charge on any atom is -0.378 e. The largest absolute Gasteiger partial charge is 0.378 e. The first-order valence-electron chi connectivity index (χ1n) is 13.8. The predicted molar refractivity (Wildman–Crippen MR) is 144 cm³/mol. The van der Waals surface area contributed by atoms with Crippen molar-refractivity contribution in [2.45, 2.75) is 62.8 Å². The van der Waals surface area contributed by atoms with E-state index in [1.54, 1.807) is 29.0 Å². The Morgan fingerprint density at radius 3 is 2.59 bits per heavy atom. The highest BCUT2D eigenvalue weighted by molar-refractivity contribution is 5.91. The number of methoxy groups -OCH3 is 1. The molecule has 218 valence electrons. The van der Waals surface area contributed by atoms with Gasteiger partial charge in [-0.3, -0.25) is 9.91 Å². The first-order valence-corrected chi connectivity index (χ1v) is 13.8. The number of aliphatic hydroxyl groups is 1. The molecule has 3 heterocycles. The highest BCUT2D eigenvalue weighted by Crippen LogP contribution is 2.30. The summed E-state index contributed by atoms with van der Waals surface area (Å²) >= 11 is 0. The van der Waals surface area contributed by atoms with Crippen LogP contribution in [0.2, 0.25) is 0 Å². The minimum absolute atomic E-state index is 0.0267. The molecule has 3 aliphatic heterocycles. The summed E-state index contributed by atoms with van der Waals surface area (Å²) in [5.41, 5.74) is 1.56. The van der Waals surface area contributed by atoms with Gasteiger partial charge in [-0.1, -0.05) is 17.4 Å². The zero-order valence-electron chi connectivity index (χ0n) is 23.5. The monoisotopic (exact) mass is 550 g/mol. The number of ether oxygens (including phenoxy) is 3. The third kappa shape index (κ3) is 7.43. The molecule has 6 atom stereocenters. The summed E-state index contributed by atoms with van der Waals surface area (Å²) in [6.07, 6.45) is 1.01. The van der Waals surface area contributed by atoms with Gasteiger partial charge in [0, 0.05) is 51.9 Å². The highest BCUT2D eigenvalue weighted by Gasteiger charge is 2.34. The summed E-state index contributed by atoms with van der Waals surface area (Å²) in [4.78, 5) is 18.4. The number of carbonyl (C=O) groups excluding carboxylic acids is 1. The lowest BCUT2D eigenvalue weighted by molar-refractivity contribution is -0.173. The second-order valence-electron chi connectivity index (χ2n) is 10.7. The molecule has 1 aromatic carbocycles. The molecule has 12 heteroatoms. The highest BCUT2D eigenvalue weighted by atomic mass is 19.1. The number of anilines is 1. The van der Waals surface area contributed by atoms with E-state index in [0.717, 1.165) is 30.6 Å². The summed E-state index contributed by atoms with van der Waals surface area (Å²) < 4.78 is 30.9. The number of hydrogen-bond acceptors (Lipinski definition) is 9. The van der Waals surface area contributed by atoms with Gasteiger partial charge in [0.1, 0.15) is 18.8 Å². The first-order chi connectivity index (χ1) is 18.8. The van der Waals surface area contributed by atoms with Gasteiger partial charge in [0.25, 0.3) is 0 Å². The van der Waals surface area contributed by atoms with E-state index in [1.807, 2.05) is 31.2 Å². The van der Waals surface area contributed by atoms with Gasteiger partial charge in [-0.2, -0.15) is 5.11 Å². The molecule has 1 N–H and O–H groups in total. The fourth-order valence-electron chi connectivity index (χ4n) is 5.56. The summed E-state index contributed by atoms with van der Waals surface area (Å²) in [5.74, 6) is 0. The van der Waals surface area contributed by atoms with Crippen molar-refractivity contribution >= 4 is 11.7 Å². The van der Waals surface area contributed by atoms with Gasteiger partial charge in [0.05, 0.1) is 31.9 Å². The number of morpholine rings is 1. The Kier molecular flexibility index (Phi) is 10.5. The van der Waals surface area contributed by atoms with Crippen molar-refractivity contribution in [1.29, 1.82) is 0 Å². The average Bonchev–Trinajstić information content (AvgIpc) is 3.42. The SMILES string of the molecule is CO[C@H](c1ccc(N(C)C(=O)N2CCOCC2)cc1)[C@@H](CF)N1CC(CCN(C)[C@H]2C[C@@H](C)O[C@@H](O)C2)N=N1. The number of hydrogen-bond donors (Lipinski definition) is 1. The summed E-state index contributed by atoms with van der Waals surface area (Å²) in [7, 11) is 5.37. The van der Waals surface area contributed by atoms with Crippen molar-refractivity contribution in [2.75, 3.05) is 72.2 Å². The molecule has 0 radical (unpaired) electrons. The van der Waals surface area contributed by atoms with Gasteiger partial charge in [-0.15, -0.1) is 0 Å². The lowest BCUT2D eigenvalue weighted by atomic mass is 10.0. The maximum Gasteiger partial charge on any atom is 0.324 e. The standard InChI is InChI=1S/C27H43FN6O5/c1-19-15-23(16-25(35)39-19)31(2)10-9-21-18-34(30-29-21)24(17-28)26(37-4)20-5-7-22(8-6-20)32(3)27(36)33-11-13-38-14-12-33/h5-8,19,21,23-26,35H,9-18H2,1-4H3/t19-,21?,23+,24-,25-,26-/m1/s1. The molecular formula is C27H43FN6O5. The molecule has 4 rings (SSSR count). The van der Waals surface area contributed by atoms with Gasteiger partial charge >= 0.3 is 6.03 Å². The Bertz CT molecular complexity index is 939. The molecule has 0 bridgehead atoms. The van der Waals surface area contributed by atoms with Crippen LogP contribution in [0.25, 0.3) is 0 Å². The van der Waals surface area contributed by atoms with Gasteiger partial charge in [0.15, 0.2) is 6.29 Å². The van der Waals surface area contributed by atoms with E-state index in [2.05, 4.69) is 22.3 Å². The van der Waals surface area contributed by atoms with Crippen molar-refractivity contribution in [1.82, 2.24) is 14.8 Å². The Balaban J connectivity index is 1.31. The lowest BCUT2D eigenvalue weighted by Crippen LogP contribution is -2.47. The average molecular weight is 551 g/mol. The number of rotatable bonds is 10. The number of benzene rings is 1. The van der Waals surface area contributed by atoms with Gasteiger partial charge in [-0.25, -0.2) is 9.18 Å². The third-order valence-corrected chi connectivity index (χ3v) is 7.95. The van der Waals surface area contributed by atoms with E-state index >= 15 is 0 Å². The number of amides is 2. The second kappa shape index (κ2) is 13.8. The van der Waals surface area contributed by atoms with Crippen LogP contribution in [0.5, 0.6) is 0 Å². The number of alkyl halides is 1. The van der Waals surface area contributed by atoms with Crippen LogP contribution in [-0.2, 0) is 14.2 Å². The molecule has 1 aromatic rings. The maximum absolute atomic E-state index is 14.4. The van der Waals surface area contributed by atoms with Crippen LogP contribution in [0.15, 0.2) is 34.6 Å². The number of carbonyl (C=O) groups is 1. The normalized spacial score (nSPS) is 27.2. The van der Waals surface area contributed by atoms with Crippen LogP contribution >= 0.6 is 0 Å². The van der Waals surface area contributed by atoms with E-state index in [1.165, 1.54) is 0 Å². The quantitative estimate of drug-likeness (QED) is 0.478. The van der Waals surface area contributed by atoms with E-state index < -0.39 is 25.1 Å². The zero-order chi connectivity index (χ0) is 27.9. The summed E-state index contributed by atoms with van der Waals surface area (Å²) in [6, 6.07) is 6.97. The predicted octanol–water partition coefficient (Wildman–Crippen LogP) is 2.86. The first kappa shape index (κ1) is 29.6. The van der Waals surface area contributed by atoms with Gasteiger partial charge in [0.2, 0.25) is 0 Å². The van der Waals surface area contributed by atoms with Crippen molar-refractivity contribution in [2.24, 2.45) is 10.3 Å². The van der Waals surface area contributed by atoms with Crippen LogP contribution in [0.3, 0.4) is 0 Å². The Morgan fingerprint density at radius 2 is 1.95 bits per heavy atom. The number of halogens is 1. The molecule has 2 amide bonds. The van der Waals surface area contributed by atoms with Gasteiger partial charge in [-0.05, 0) is 44.5 Å². The fraction of sp³-hybridized carbons (Fsp3) is 0.741. The molecule has 39 heavy (non-hydrogen) atoms. The number of urea groups is 1. The molecular weight excluding hydrogens is 507 g/mol. The van der Waals surface area contributed by atoms with Crippen molar-refractivity contribution in [3.05, 3.63) is 29.8 Å². The topological polar surface area (TPSA) is 103 Å². The number of nitrogens with zero attached hydrogens (tertiary/aromatic N) is 6. The Morgan fingerprint density at radius 1 is 1.23 bits per heavy atom.